The van der Waals surface area contributed by atoms with Gasteiger partial charge in [-0.3, -0.25) is 0 Å². The van der Waals surface area contributed by atoms with Crippen molar-refractivity contribution < 1.29 is 17.7 Å². The molecule has 4 nitrogen and oxygen atoms in total. The third-order valence-corrected chi connectivity index (χ3v) is 16.1. The zero-order valence-electron chi connectivity index (χ0n) is 13.4. The monoisotopic (exact) mass is 334 g/mol. The summed E-state index contributed by atoms with van der Waals surface area (Å²) in [7, 11) is 0.715. The predicted molar refractivity (Wildman–Crippen MR) is 91.7 cm³/mol. The van der Waals surface area contributed by atoms with Gasteiger partial charge in [0.2, 0.25) is 0 Å². The van der Waals surface area contributed by atoms with Gasteiger partial charge in [0.05, 0.1) is 0 Å². The van der Waals surface area contributed by atoms with Gasteiger partial charge in [-0.25, -0.2) is 0 Å². The molecule has 22 heavy (non-hydrogen) atoms. The molecule has 0 N–H and O–H groups in total. The second kappa shape index (κ2) is 7.32. The van der Waals surface area contributed by atoms with E-state index in [0.29, 0.717) is 0 Å². The molecule has 0 aliphatic carbocycles. The highest BCUT2D eigenvalue weighted by molar-refractivity contribution is 7.43. The van der Waals surface area contributed by atoms with E-state index in [9.17, 15) is 0 Å². The van der Waals surface area contributed by atoms with Crippen LogP contribution in [-0.2, 0) is 17.7 Å². The first-order valence-corrected chi connectivity index (χ1v) is 11.7. The van der Waals surface area contributed by atoms with Crippen molar-refractivity contribution in [3.63, 3.8) is 0 Å². The molecule has 0 aromatic heterocycles. The van der Waals surface area contributed by atoms with Crippen molar-refractivity contribution in [1.29, 1.82) is 0 Å². The second-order valence-electron chi connectivity index (χ2n) is 4.79. The smallest absolute Gasteiger partial charge is 0.408 e. The third kappa shape index (κ3) is 2.58. The highest BCUT2D eigenvalue weighted by Crippen LogP contribution is 2.22. The SMILES string of the molecule is CO[Si](OC)(OC)[Si](OC)(c1ccccc1)c1ccccc1. The molecule has 0 fully saturated rings. The van der Waals surface area contributed by atoms with Crippen LogP contribution < -0.4 is 10.4 Å². The summed E-state index contributed by atoms with van der Waals surface area (Å²) < 4.78 is 23.7. The first-order valence-electron chi connectivity index (χ1n) is 7.02. The van der Waals surface area contributed by atoms with E-state index in [-0.39, 0.29) is 0 Å². The van der Waals surface area contributed by atoms with Gasteiger partial charge < -0.3 is 17.7 Å². The molecule has 118 valence electrons. The molecule has 6 heteroatoms. The van der Waals surface area contributed by atoms with Crippen molar-refractivity contribution in [1.82, 2.24) is 0 Å². The summed E-state index contributed by atoms with van der Waals surface area (Å²) in [5, 5.41) is 2.14. The molecular weight excluding hydrogens is 312 g/mol. The minimum atomic E-state index is -3.06. The van der Waals surface area contributed by atoms with Gasteiger partial charge in [0.1, 0.15) is 0 Å². The van der Waals surface area contributed by atoms with E-state index in [4.69, 9.17) is 17.7 Å². The molecule has 0 atom stereocenters. The lowest BCUT2D eigenvalue weighted by molar-refractivity contribution is 0.139. The van der Waals surface area contributed by atoms with Gasteiger partial charge in [-0.05, 0) is 10.4 Å². The van der Waals surface area contributed by atoms with Crippen LogP contribution in [0.15, 0.2) is 60.7 Å². The summed E-state index contributed by atoms with van der Waals surface area (Å²) in [6.45, 7) is 0. The van der Waals surface area contributed by atoms with Gasteiger partial charge in [-0.1, -0.05) is 60.7 Å². The van der Waals surface area contributed by atoms with Crippen molar-refractivity contribution >= 4 is 26.5 Å². The topological polar surface area (TPSA) is 36.9 Å². The average molecular weight is 335 g/mol. The molecule has 0 saturated heterocycles. The van der Waals surface area contributed by atoms with Gasteiger partial charge in [0, 0.05) is 28.4 Å². The van der Waals surface area contributed by atoms with Crippen LogP contribution in [0.25, 0.3) is 0 Å². The molecule has 0 spiro atoms. The van der Waals surface area contributed by atoms with Crippen molar-refractivity contribution in [3.05, 3.63) is 60.7 Å². The zero-order valence-corrected chi connectivity index (χ0v) is 15.4. The molecule has 0 radical (unpaired) electrons. The Morgan fingerprint density at radius 2 is 0.909 bits per heavy atom. The van der Waals surface area contributed by atoms with E-state index in [1.807, 2.05) is 36.4 Å². The van der Waals surface area contributed by atoms with Crippen LogP contribution in [0.1, 0.15) is 0 Å². The summed E-state index contributed by atoms with van der Waals surface area (Å²) >= 11 is 0. The van der Waals surface area contributed by atoms with Crippen LogP contribution in [0.2, 0.25) is 0 Å². The fourth-order valence-electron chi connectivity index (χ4n) is 2.91. The van der Waals surface area contributed by atoms with Crippen LogP contribution in [0.4, 0.5) is 0 Å². The molecule has 0 heterocycles. The lowest BCUT2D eigenvalue weighted by Gasteiger charge is -2.40. The first-order chi connectivity index (χ1) is 10.7. The van der Waals surface area contributed by atoms with Crippen LogP contribution >= 0.6 is 0 Å². The summed E-state index contributed by atoms with van der Waals surface area (Å²) in [6, 6.07) is 20.2. The largest absolute Gasteiger partial charge is 0.514 e. The molecule has 2 aromatic rings. The normalized spacial score (nSPS) is 12.4. The molecule has 0 amide bonds. The number of hydrogen-bond acceptors (Lipinski definition) is 4. The highest BCUT2D eigenvalue weighted by Gasteiger charge is 2.66. The van der Waals surface area contributed by atoms with Crippen molar-refractivity contribution in [2.45, 2.75) is 0 Å². The van der Waals surface area contributed by atoms with Gasteiger partial charge in [-0.2, -0.15) is 0 Å². The maximum absolute atomic E-state index is 6.17. The lowest BCUT2D eigenvalue weighted by atomic mass is 10.4. The van der Waals surface area contributed by atoms with Crippen LogP contribution in [0.5, 0.6) is 0 Å². The molecule has 0 unspecified atom stereocenters. The summed E-state index contributed by atoms with van der Waals surface area (Å²) in [5.74, 6) is 0. The van der Waals surface area contributed by atoms with E-state index < -0.39 is 16.2 Å². The molecular formula is C16H22O4Si2. The highest BCUT2D eigenvalue weighted by atomic mass is 29.3. The lowest BCUT2D eigenvalue weighted by Crippen LogP contribution is -2.80. The van der Waals surface area contributed by atoms with Crippen molar-refractivity contribution in [3.8, 4) is 0 Å². The van der Waals surface area contributed by atoms with Crippen molar-refractivity contribution in [2.75, 3.05) is 28.4 Å². The van der Waals surface area contributed by atoms with E-state index in [2.05, 4.69) is 24.3 Å². The van der Waals surface area contributed by atoms with Gasteiger partial charge in [0.15, 0.2) is 0 Å². The minimum Gasteiger partial charge on any atom is -0.408 e. The molecule has 0 bridgehead atoms. The number of benzene rings is 2. The van der Waals surface area contributed by atoms with Crippen LogP contribution in [0, 0.1) is 0 Å². The van der Waals surface area contributed by atoms with E-state index >= 15 is 0 Å². The fraction of sp³-hybridized carbons (Fsp3) is 0.250. The number of hydrogen-bond donors (Lipinski definition) is 0. The van der Waals surface area contributed by atoms with Gasteiger partial charge >= 0.3 is 16.2 Å². The molecule has 0 aliphatic rings. The number of rotatable bonds is 7. The van der Waals surface area contributed by atoms with Crippen LogP contribution in [-0.4, -0.2) is 44.6 Å². The summed E-state index contributed by atoms with van der Waals surface area (Å²) in [4.78, 5) is 0. The van der Waals surface area contributed by atoms with Gasteiger partial charge in [0.25, 0.3) is 0 Å². The van der Waals surface area contributed by atoms with Gasteiger partial charge in [-0.15, -0.1) is 0 Å². The van der Waals surface area contributed by atoms with Crippen LogP contribution in [0.3, 0.4) is 0 Å². The van der Waals surface area contributed by atoms with E-state index in [1.165, 1.54) is 0 Å². The molecule has 2 aromatic carbocycles. The Morgan fingerprint density at radius 3 is 1.18 bits per heavy atom. The zero-order chi connectivity index (χ0) is 16.1. The van der Waals surface area contributed by atoms with Crippen molar-refractivity contribution in [2.24, 2.45) is 0 Å². The Morgan fingerprint density at radius 1 is 0.545 bits per heavy atom. The molecule has 0 aliphatic heterocycles. The Balaban J connectivity index is 2.78. The Hall–Kier alpha value is -1.29. The Kier molecular flexibility index (Phi) is 5.68. The maximum atomic E-state index is 6.17. The third-order valence-electron chi connectivity index (χ3n) is 3.90. The summed E-state index contributed by atoms with van der Waals surface area (Å²) in [6.07, 6.45) is 0. The molecule has 2 rings (SSSR count). The van der Waals surface area contributed by atoms with E-state index in [1.54, 1.807) is 28.4 Å². The average Bonchev–Trinajstić information content (AvgIpc) is 2.61. The predicted octanol–water partition coefficient (Wildman–Crippen LogP) is 1.35. The standard InChI is InChI=1S/C16H22O4Si2/c1-17-21(15-11-7-5-8-12-15,16-13-9-6-10-14-16)22(18-2,19-3)20-4/h5-14H,1-4H3. The first kappa shape index (κ1) is 17.1. The maximum Gasteiger partial charge on any atom is 0.514 e. The second-order valence-corrected chi connectivity index (χ2v) is 14.0. The summed E-state index contributed by atoms with van der Waals surface area (Å²) in [5.41, 5.74) is 0. The minimum absolute atomic E-state index is 1.07. The molecule has 0 saturated carbocycles. The Labute approximate surface area is 133 Å². The van der Waals surface area contributed by atoms with E-state index in [0.717, 1.165) is 10.4 Å². The Bertz CT molecular complexity index is 525. The quantitative estimate of drug-likeness (QED) is 0.716. The fourth-order valence-corrected chi connectivity index (χ4v) is 13.8.